The Hall–Kier alpha value is -2.95. The van der Waals surface area contributed by atoms with E-state index in [0.717, 1.165) is 22.2 Å². The highest BCUT2D eigenvalue weighted by Gasteiger charge is 2.12. The fourth-order valence-corrected chi connectivity index (χ4v) is 2.61. The van der Waals surface area contributed by atoms with Crippen LogP contribution in [0.3, 0.4) is 0 Å². The number of hydrogen-bond donors (Lipinski definition) is 1. The number of ketones is 1. The van der Waals surface area contributed by atoms with Gasteiger partial charge >= 0.3 is 0 Å². The van der Waals surface area contributed by atoms with Gasteiger partial charge < -0.3 is 10.1 Å². The first kappa shape index (κ1) is 16.9. The van der Waals surface area contributed by atoms with Gasteiger partial charge in [-0.15, -0.1) is 0 Å². The molecule has 1 heterocycles. The van der Waals surface area contributed by atoms with Gasteiger partial charge in [0.25, 0.3) is 0 Å². The molecular formula is C20H21N3O2. The third-order valence-corrected chi connectivity index (χ3v) is 3.92. The van der Waals surface area contributed by atoms with Crippen LogP contribution in [-0.4, -0.2) is 22.4 Å². The van der Waals surface area contributed by atoms with Crippen LogP contribution in [0.2, 0.25) is 0 Å². The summed E-state index contributed by atoms with van der Waals surface area (Å²) in [7, 11) is 0. The van der Waals surface area contributed by atoms with E-state index in [-0.39, 0.29) is 5.78 Å². The molecule has 25 heavy (non-hydrogen) atoms. The standard InChI is InChI=1S/C20H21N3O2/c1-3-16(24)9-10-25-18-12-14(2)11-17-19(18)20(22-13-21-17)23-15-7-5-4-6-8-15/h4-8,11-13H,3,9-10H2,1-2H3,(H,21,22,23). The van der Waals surface area contributed by atoms with Crippen molar-refractivity contribution in [2.75, 3.05) is 11.9 Å². The zero-order chi connectivity index (χ0) is 17.6. The van der Waals surface area contributed by atoms with E-state index in [1.165, 1.54) is 6.33 Å². The second kappa shape index (κ2) is 7.75. The predicted octanol–water partition coefficient (Wildman–Crippen LogP) is 4.43. The summed E-state index contributed by atoms with van der Waals surface area (Å²) in [6.07, 6.45) is 2.47. The number of benzene rings is 2. The second-order valence-corrected chi connectivity index (χ2v) is 5.86. The first-order valence-corrected chi connectivity index (χ1v) is 8.39. The highest BCUT2D eigenvalue weighted by atomic mass is 16.5. The summed E-state index contributed by atoms with van der Waals surface area (Å²) in [5.74, 6) is 1.57. The molecule has 128 valence electrons. The normalized spacial score (nSPS) is 10.6. The number of aromatic nitrogens is 2. The maximum atomic E-state index is 11.5. The minimum atomic E-state index is 0.191. The Bertz CT molecular complexity index is 879. The Balaban J connectivity index is 1.95. The van der Waals surface area contributed by atoms with Gasteiger partial charge in [0.2, 0.25) is 0 Å². The average Bonchev–Trinajstić information content (AvgIpc) is 2.62. The van der Waals surface area contributed by atoms with Crippen LogP contribution in [0.25, 0.3) is 10.9 Å². The molecular weight excluding hydrogens is 314 g/mol. The van der Waals surface area contributed by atoms with Crippen molar-refractivity contribution in [3.05, 3.63) is 54.4 Å². The highest BCUT2D eigenvalue weighted by molar-refractivity contribution is 5.96. The summed E-state index contributed by atoms with van der Waals surface area (Å²) in [6.45, 7) is 4.21. The minimum absolute atomic E-state index is 0.191. The van der Waals surface area contributed by atoms with Gasteiger partial charge in [-0.2, -0.15) is 0 Å². The number of Topliss-reactive ketones (excluding diaryl/α,β-unsaturated/α-hetero) is 1. The molecule has 0 aliphatic heterocycles. The lowest BCUT2D eigenvalue weighted by Gasteiger charge is -2.14. The van der Waals surface area contributed by atoms with Crippen molar-refractivity contribution in [3.8, 4) is 5.75 Å². The lowest BCUT2D eigenvalue weighted by atomic mass is 10.1. The molecule has 1 N–H and O–H groups in total. The van der Waals surface area contributed by atoms with Gasteiger partial charge in [-0.05, 0) is 36.8 Å². The molecule has 3 rings (SSSR count). The van der Waals surface area contributed by atoms with Gasteiger partial charge in [0.1, 0.15) is 23.7 Å². The van der Waals surface area contributed by atoms with Crippen LogP contribution in [0, 0.1) is 6.92 Å². The molecule has 0 fully saturated rings. The lowest BCUT2D eigenvalue weighted by molar-refractivity contribution is -0.119. The Morgan fingerprint density at radius 3 is 2.72 bits per heavy atom. The first-order valence-electron chi connectivity index (χ1n) is 8.39. The molecule has 0 saturated carbocycles. The number of rotatable bonds is 7. The third-order valence-electron chi connectivity index (χ3n) is 3.92. The first-order chi connectivity index (χ1) is 12.2. The van der Waals surface area contributed by atoms with Crippen LogP contribution in [0.5, 0.6) is 5.75 Å². The van der Waals surface area contributed by atoms with E-state index in [9.17, 15) is 4.79 Å². The number of aryl methyl sites for hydroxylation is 1. The second-order valence-electron chi connectivity index (χ2n) is 5.86. The Morgan fingerprint density at radius 1 is 1.16 bits per heavy atom. The van der Waals surface area contributed by atoms with E-state index in [1.54, 1.807) is 0 Å². The number of para-hydroxylation sites is 1. The topological polar surface area (TPSA) is 64.1 Å². The van der Waals surface area contributed by atoms with E-state index in [0.29, 0.717) is 31.0 Å². The number of fused-ring (bicyclic) bond motifs is 1. The van der Waals surface area contributed by atoms with Crippen LogP contribution in [0.1, 0.15) is 25.3 Å². The van der Waals surface area contributed by atoms with E-state index in [1.807, 2.05) is 56.3 Å². The van der Waals surface area contributed by atoms with E-state index < -0.39 is 0 Å². The predicted molar refractivity (Wildman–Crippen MR) is 99.4 cm³/mol. The highest BCUT2D eigenvalue weighted by Crippen LogP contribution is 2.32. The molecule has 2 aromatic carbocycles. The molecule has 0 radical (unpaired) electrons. The van der Waals surface area contributed by atoms with Gasteiger partial charge in [-0.1, -0.05) is 25.1 Å². The number of nitrogens with zero attached hydrogens (tertiary/aromatic N) is 2. The molecule has 0 aliphatic carbocycles. The molecule has 0 atom stereocenters. The molecule has 1 aromatic heterocycles. The van der Waals surface area contributed by atoms with Gasteiger partial charge in [0.15, 0.2) is 0 Å². The molecule has 0 saturated heterocycles. The summed E-state index contributed by atoms with van der Waals surface area (Å²) in [4.78, 5) is 20.3. The van der Waals surface area contributed by atoms with E-state index in [4.69, 9.17) is 4.74 Å². The summed E-state index contributed by atoms with van der Waals surface area (Å²) < 4.78 is 5.91. The largest absolute Gasteiger partial charge is 0.492 e. The summed E-state index contributed by atoms with van der Waals surface area (Å²) in [5.41, 5.74) is 2.80. The van der Waals surface area contributed by atoms with Crippen molar-refractivity contribution in [2.24, 2.45) is 0 Å². The smallest absolute Gasteiger partial charge is 0.145 e. The number of ether oxygens (including phenoxy) is 1. The van der Waals surface area contributed by atoms with Crippen LogP contribution in [-0.2, 0) is 4.79 Å². The van der Waals surface area contributed by atoms with Gasteiger partial charge in [-0.25, -0.2) is 9.97 Å². The Morgan fingerprint density at radius 2 is 1.96 bits per heavy atom. The van der Waals surface area contributed by atoms with E-state index >= 15 is 0 Å². The molecule has 0 amide bonds. The summed E-state index contributed by atoms with van der Waals surface area (Å²) >= 11 is 0. The lowest BCUT2D eigenvalue weighted by Crippen LogP contribution is -2.06. The maximum absolute atomic E-state index is 11.5. The molecule has 3 aromatic rings. The zero-order valence-electron chi connectivity index (χ0n) is 14.5. The van der Waals surface area contributed by atoms with Crippen LogP contribution >= 0.6 is 0 Å². The van der Waals surface area contributed by atoms with Gasteiger partial charge in [0, 0.05) is 18.5 Å². The summed E-state index contributed by atoms with van der Waals surface area (Å²) in [6, 6.07) is 13.8. The van der Waals surface area contributed by atoms with Crippen molar-refractivity contribution in [3.63, 3.8) is 0 Å². The number of carbonyl (C=O) groups is 1. The maximum Gasteiger partial charge on any atom is 0.145 e. The zero-order valence-corrected chi connectivity index (χ0v) is 14.5. The number of carbonyl (C=O) groups excluding carboxylic acids is 1. The molecule has 0 bridgehead atoms. The van der Waals surface area contributed by atoms with Crippen molar-refractivity contribution in [1.29, 1.82) is 0 Å². The van der Waals surface area contributed by atoms with Crippen LogP contribution in [0.4, 0.5) is 11.5 Å². The van der Waals surface area contributed by atoms with Crippen molar-refractivity contribution in [2.45, 2.75) is 26.7 Å². The summed E-state index contributed by atoms with van der Waals surface area (Å²) in [5, 5.41) is 4.14. The van der Waals surface area contributed by atoms with Crippen molar-refractivity contribution in [1.82, 2.24) is 9.97 Å². The molecule has 0 spiro atoms. The van der Waals surface area contributed by atoms with Gasteiger partial charge in [0.05, 0.1) is 17.5 Å². The molecule has 0 aliphatic rings. The van der Waals surface area contributed by atoms with E-state index in [2.05, 4.69) is 15.3 Å². The van der Waals surface area contributed by atoms with Crippen molar-refractivity contribution < 1.29 is 9.53 Å². The van der Waals surface area contributed by atoms with Gasteiger partial charge in [-0.3, -0.25) is 4.79 Å². The SMILES string of the molecule is CCC(=O)CCOc1cc(C)cc2ncnc(Nc3ccccc3)c12. The molecule has 5 heteroatoms. The fourth-order valence-electron chi connectivity index (χ4n) is 2.61. The average molecular weight is 335 g/mol. The van der Waals surface area contributed by atoms with Crippen LogP contribution in [0.15, 0.2) is 48.8 Å². The third kappa shape index (κ3) is 4.12. The Labute approximate surface area is 147 Å². The monoisotopic (exact) mass is 335 g/mol. The number of hydrogen-bond acceptors (Lipinski definition) is 5. The Kier molecular flexibility index (Phi) is 5.23. The van der Waals surface area contributed by atoms with Crippen molar-refractivity contribution >= 4 is 28.2 Å². The minimum Gasteiger partial charge on any atom is -0.492 e. The fraction of sp³-hybridized carbons (Fsp3) is 0.250. The molecule has 0 unspecified atom stereocenters. The number of nitrogens with one attached hydrogen (secondary N) is 1. The molecule has 5 nitrogen and oxygen atoms in total. The van der Waals surface area contributed by atoms with Crippen LogP contribution < -0.4 is 10.1 Å². The number of anilines is 2. The quantitative estimate of drug-likeness (QED) is 0.692.